The Hall–Kier alpha value is -3.15. The van der Waals surface area contributed by atoms with Crippen molar-refractivity contribution in [3.8, 4) is 5.69 Å². The predicted octanol–water partition coefficient (Wildman–Crippen LogP) is 2.16. The highest BCUT2D eigenvalue weighted by atomic mass is 16.2. The van der Waals surface area contributed by atoms with Gasteiger partial charge in [0.1, 0.15) is 0 Å². The molecule has 1 aliphatic heterocycles. The minimum atomic E-state index is 0.122. The summed E-state index contributed by atoms with van der Waals surface area (Å²) in [6, 6.07) is 20.1. The van der Waals surface area contributed by atoms with E-state index >= 15 is 0 Å². The van der Waals surface area contributed by atoms with Crippen LogP contribution in [-0.4, -0.2) is 52.0 Å². The average molecular weight is 347 g/mol. The van der Waals surface area contributed by atoms with Gasteiger partial charge in [0.15, 0.2) is 0 Å². The summed E-state index contributed by atoms with van der Waals surface area (Å²) in [5.74, 6) is 0.122. The molecule has 6 heteroatoms. The third-order valence-corrected chi connectivity index (χ3v) is 4.71. The van der Waals surface area contributed by atoms with Crippen molar-refractivity contribution in [3.63, 3.8) is 0 Å². The molecule has 1 saturated heterocycles. The molecule has 0 unspecified atom stereocenters. The maximum absolute atomic E-state index is 12.7. The summed E-state index contributed by atoms with van der Waals surface area (Å²) in [4.78, 5) is 17.0. The van der Waals surface area contributed by atoms with Crippen molar-refractivity contribution >= 4 is 11.6 Å². The molecule has 2 heterocycles. The van der Waals surface area contributed by atoms with Crippen molar-refractivity contribution in [2.75, 3.05) is 31.1 Å². The van der Waals surface area contributed by atoms with E-state index < -0.39 is 0 Å². The molecule has 0 spiro atoms. The second-order valence-electron chi connectivity index (χ2n) is 6.35. The van der Waals surface area contributed by atoms with Crippen LogP contribution in [0.5, 0.6) is 0 Å². The molecule has 26 heavy (non-hydrogen) atoms. The van der Waals surface area contributed by atoms with E-state index in [0.717, 1.165) is 37.6 Å². The molecule has 0 N–H and O–H groups in total. The highest BCUT2D eigenvalue weighted by Crippen LogP contribution is 2.16. The molecule has 1 aromatic heterocycles. The molecular formula is C20H21N5O. The molecule has 0 aliphatic carbocycles. The zero-order chi connectivity index (χ0) is 17.8. The van der Waals surface area contributed by atoms with Gasteiger partial charge in [0.05, 0.1) is 24.0 Å². The number of piperazine rings is 1. The van der Waals surface area contributed by atoms with Crippen LogP contribution in [0.4, 0.5) is 5.69 Å². The number of rotatable bonds is 4. The minimum Gasteiger partial charge on any atom is -0.368 e. The number of hydrogen-bond donors (Lipinski definition) is 0. The quantitative estimate of drug-likeness (QED) is 0.726. The molecule has 2 aromatic carbocycles. The van der Waals surface area contributed by atoms with E-state index in [1.807, 2.05) is 53.4 Å². The van der Waals surface area contributed by atoms with Crippen LogP contribution in [0.15, 0.2) is 66.9 Å². The molecule has 1 amide bonds. The fourth-order valence-electron chi connectivity index (χ4n) is 3.28. The Morgan fingerprint density at radius 1 is 0.846 bits per heavy atom. The van der Waals surface area contributed by atoms with E-state index in [1.54, 1.807) is 10.9 Å². The lowest BCUT2D eigenvalue weighted by atomic mass is 10.2. The number of carbonyl (C=O) groups excluding carboxylic acids is 1. The molecule has 132 valence electrons. The van der Waals surface area contributed by atoms with Crippen molar-refractivity contribution in [3.05, 3.63) is 72.6 Å². The van der Waals surface area contributed by atoms with Crippen molar-refractivity contribution < 1.29 is 4.79 Å². The Kier molecular flexibility index (Phi) is 4.64. The largest absolute Gasteiger partial charge is 0.368 e. The lowest BCUT2D eigenvalue weighted by molar-refractivity contribution is -0.130. The number of hydrogen-bond acceptors (Lipinski definition) is 4. The van der Waals surface area contributed by atoms with Gasteiger partial charge >= 0.3 is 0 Å². The predicted molar refractivity (Wildman–Crippen MR) is 100 cm³/mol. The van der Waals surface area contributed by atoms with Gasteiger partial charge < -0.3 is 9.80 Å². The molecule has 3 aromatic rings. The fraction of sp³-hybridized carbons (Fsp3) is 0.250. The highest BCUT2D eigenvalue weighted by Gasteiger charge is 2.22. The van der Waals surface area contributed by atoms with Crippen molar-refractivity contribution in [2.45, 2.75) is 6.42 Å². The zero-order valence-electron chi connectivity index (χ0n) is 14.5. The molecule has 1 aliphatic rings. The van der Waals surface area contributed by atoms with Gasteiger partial charge in [-0.15, -0.1) is 5.10 Å². The fourth-order valence-corrected chi connectivity index (χ4v) is 3.28. The number of benzene rings is 2. The standard InChI is InChI=1S/C20H21N5O/c26-20(15-19-16-21-22-25(19)18-9-5-2-6-10-18)24-13-11-23(12-14-24)17-7-3-1-4-8-17/h1-10,16H,11-15H2. The number of aromatic nitrogens is 3. The Morgan fingerprint density at radius 3 is 2.12 bits per heavy atom. The number of amides is 1. The second-order valence-corrected chi connectivity index (χ2v) is 6.35. The number of carbonyl (C=O) groups is 1. The number of para-hydroxylation sites is 2. The van der Waals surface area contributed by atoms with Gasteiger partial charge in [-0.1, -0.05) is 41.6 Å². The van der Waals surface area contributed by atoms with Crippen molar-refractivity contribution in [1.29, 1.82) is 0 Å². The second kappa shape index (κ2) is 7.39. The van der Waals surface area contributed by atoms with Crippen LogP contribution in [0.3, 0.4) is 0 Å². The smallest absolute Gasteiger partial charge is 0.228 e. The Balaban J connectivity index is 1.39. The van der Waals surface area contributed by atoms with Gasteiger partial charge in [0.2, 0.25) is 5.91 Å². The van der Waals surface area contributed by atoms with Gasteiger partial charge in [-0.25, -0.2) is 4.68 Å². The van der Waals surface area contributed by atoms with Gasteiger partial charge in [-0.05, 0) is 24.3 Å². The van der Waals surface area contributed by atoms with E-state index in [4.69, 9.17) is 0 Å². The van der Waals surface area contributed by atoms with E-state index in [2.05, 4.69) is 27.3 Å². The van der Waals surface area contributed by atoms with Crippen molar-refractivity contribution in [1.82, 2.24) is 19.9 Å². The Bertz CT molecular complexity index is 854. The molecule has 1 fully saturated rings. The van der Waals surface area contributed by atoms with Crippen LogP contribution in [0.2, 0.25) is 0 Å². The van der Waals surface area contributed by atoms with Crippen molar-refractivity contribution in [2.24, 2.45) is 0 Å². The molecule has 6 nitrogen and oxygen atoms in total. The van der Waals surface area contributed by atoms with Crippen LogP contribution in [-0.2, 0) is 11.2 Å². The summed E-state index contributed by atoms with van der Waals surface area (Å²) >= 11 is 0. The average Bonchev–Trinajstić information content (AvgIpc) is 3.17. The lowest BCUT2D eigenvalue weighted by Gasteiger charge is -2.36. The summed E-state index contributed by atoms with van der Waals surface area (Å²) in [7, 11) is 0. The van der Waals surface area contributed by atoms with Crippen LogP contribution >= 0.6 is 0 Å². The summed E-state index contributed by atoms with van der Waals surface area (Å²) < 4.78 is 1.73. The van der Waals surface area contributed by atoms with Gasteiger partial charge in [-0.2, -0.15) is 0 Å². The summed E-state index contributed by atoms with van der Waals surface area (Å²) in [6.07, 6.45) is 1.98. The van der Waals surface area contributed by atoms with Gasteiger partial charge in [0, 0.05) is 31.9 Å². The van der Waals surface area contributed by atoms with E-state index in [-0.39, 0.29) is 5.91 Å². The molecule has 4 rings (SSSR count). The van der Waals surface area contributed by atoms with Crippen LogP contribution in [0.1, 0.15) is 5.69 Å². The molecule has 0 atom stereocenters. The molecule has 0 bridgehead atoms. The number of anilines is 1. The van der Waals surface area contributed by atoms with Crippen LogP contribution in [0.25, 0.3) is 5.69 Å². The monoisotopic (exact) mass is 347 g/mol. The lowest BCUT2D eigenvalue weighted by Crippen LogP contribution is -2.49. The minimum absolute atomic E-state index is 0.122. The molecule has 0 radical (unpaired) electrons. The summed E-state index contributed by atoms with van der Waals surface area (Å²) in [5.41, 5.74) is 2.94. The summed E-state index contributed by atoms with van der Waals surface area (Å²) in [6.45, 7) is 3.18. The van der Waals surface area contributed by atoms with E-state index in [0.29, 0.717) is 6.42 Å². The summed E-state index contributed by atoms with van der Waals surface area (Å²) in [5, 5.41) is 8.11. The Morgan fingerprint density at radius 2 is 1.46 bits per heavy atom. The maximum Gasteiger partial charge on any atom is 0.228 e. The third kappa shape index (κ3) is 3.44. The normalized spacial score (nSPS) is 14.5. The van der Waals surface area contributed by atoms with E-state index in [9.17, 15) is 4.79 Å². The van der Waals surface area contributed by atoms with Gasteiger partial charge in [0.25, 0.3) is 0 Å². The van der Waals surface area contributed by atoms with E-state index in [1.165, 1.54) is 5.69 Å². The first-order valence-corrected chi connectivity index (χ1v) is 8.84. The molecular weight excluding hydrogens is 326 g/mol. The van der Waals surface area contributed by atoms with Crippen LogP contribution < -0.4 is 4.90 Å². The SMILES string of the molecule is O=C(Cc1cnnn1-c1ccccc1)N1CCN(c2ccccc2)CC1. The topological polar surface area (TPSA) is 54.3 Å². The number of nitrogens with zero attached hydrogens (tertiary/aromatic N) is 5. The first-order valence-electron chi connectivity index (χ1n) is 8.84. The molecule has 0 saturated carbocycles. The Labute approximate surface area is 152 Å². The highest BCUT2D eigenvalue weighted by molar-refractivity contribution is 5.78. The van der Waals surface area contributed by atoms with Gasteiger partial charge in [-0.3, -0.25) is 4.79 Å². The maximum atomic E-state index is 12.7. The first-order chi connectivity index (χ1) is 12.8. The van der Waals surface area contributed by atoms with Crippen LogP contribution in [0, 0.1) is 0 Å². The zero-order valence-corrected chi connectivity index (χ0v) is 14.5. The third-order valence-electron chi connectivity index (χ3n) is 4.71. The first kappa shape index (κ1) is 16.3.